The second kappa shape index (κ2) is 9.60. The summed E-state index contributed by atoms with van der Waals surface area (Å²) in [6.07, 6.45) is 0. The summed E-state index contributed by atoms with van der Waals surface area (Å²) in [4.78, 5) is 29.3. The van der Waals surface area contributed by atoms with E-state index in [1.165, 1.54) is 30.0 Å². The third-order valence-electron chi connectivity index (χ3n) is 5.88. The molecule has 180 valence electrons. The van der Waals surface area contributed by atoms with Crippen LogP contribution in [-0.2, 0) is 11.4 Å². The number of carbonyl (C=O) groups is 2. The van der Waals surface area contributed by atoms with Crippen LogP contribution in [0.2, 0.25) is 10.0 Å². The summed E-state index contributed by atoms with van der Waals surface area (Å²) in [7, 11) is 1.56. The molecule has 2 aliphatic rings. The first-order valence-electron chi connectivity index (χ1n) is 10.7. The van der Waals surface area contributed by atoms with E-state index >= 15 is 0 Å². The normalized spacial score (nSPS) is 19.3. The molecule has 2 saturated heterocycles. The first-order chi connectivity index (χ1) is 16.9. The summed E-state index contributed by atoms with van der Waals surface area (Å²) in [6.45, 7) is 0.186. The highest BCUT2D eigenvalue weighted by atomic mass is 35.5. The molecule has 0 bridgehead atoms. The number of anilines is 1. The lowest BCUT2D eigenvalue weighted by molar-refractivity contribution is -0.119. The molecule has 10 heteroatoms. The number of thioether (sulfide) groups is 1. The third kappa shape index (κ3) is 4.42. The van der Waals surface area contributed by atoms with Crippen LogP contribution in [0.3, 0.4) is 0 Å². The maximum atomic E-state index is 13.4. The number of hydrogen-bond donors (Lipinski definition) is 0. The van der Waals surface area contributed by atoms with Gasteiger partial charge >= 0.3 is 6.03 Å². The summed E-state index contributed by atoms with van der Waals surface area (Å²) in [6, 6.07) is 15.0. The van der Waals surface area contributed by atoms with Crippen molar-refractivity contribution in [3.05, 3.63) is 87.7 Å². The number of rotatable bonds is 6. The Kier molecular flexibility index (Phi) is 6.53. The summed E-state index contributed by atoms with van der Waals surface area (Å²) < 4.78 is 24.5. The number of imide groups is 1. The summed E-state index contributed by atoms with van der Waals surface area (Å²) in [5.74, 6) is 0.977. The first kappa shape index (κ1) is 23.8. The molecule has 0 aromatic heterocycles. The van der Waals surface area contributed by atoms with Gasteiger partial charge in [-0.25, -0.2) is 14.1 Å². The van der Waals surface area contributed by atoms with Crippen LogP contribution in [0.5, 0.6) is 11.5 Å². The summed E-state index contributed by atoms with van der Waals surface area (Å²) >= 11 is 13.6. The number of hydrogen-bond acceptors (Lipinski definition) is 5. The number of benzene rings is 3. The zero-order valence-corrected chi connectivity index (χ0v) is 20.7. The average molecular weight is 533 g/mol. The average Bonchev–Trinajstić information content (AvgIpc) is 3.40. The minimum Gasteiger partial charge on any atom is -0.496 e. The van der Waals surface area contributed by atoms with E-state index in [1.54, 1.807) is 36.3 Å². The van der Waals surface area contributed by atoms with Gasteiger partial charge in [0.1, 0.15) is 35.3 Å². The van der Waals surface area contributed by atoms with Crippen LogP contribution in [0, 0.1) is 5.82 Å². The first-order valence-corrected chi connectivity index (χ1v) is 12.5. The Morgan fingerprint density at radius 1 is 1.03 bits per heavy atom. The van der Waals surface area contributed by atoms with E-state index in [2.05, 4.69) is 0 Å². The number of nitrogens with zero attached hydrogens (tertiary/aromatic N) is 2. The van der Waals surface area contributed by atoms with Gasteiger partial charge in [-0.05, 0) is 60.2 Å². The van der Waals surface area contributed by atoms with Crippen LogP contribution in [0.1, 0.15) is 16.5 Å². The molecule has 3 aromatic carbocycles. The van der Waals surface area contributed by atoms with E-state index in [-0.39, 0.29) is 28.7 Å². The van der Waals surface area contributed by atoms with Crippen molar-refractivity contribution in [3.63, 3.8) is 0 Å². The Bertz CT molecular complexity index is 1310. The van der Waals surface area contributed by atoms with Gasteiger partial charge in [0.05, 0.1) is 22.8 Å². The molecule has 35 heavy (non-hydrogen) atoms. The van der Waals surface area contributed by atoms with Crippen molar-refractivity contribution < 1.29 is 23.5 Å². The number of fused-ring (bicyclic) bond motifs is 1. The molecule has 3 amide bonds. The number of methoxy groups -OCH3 is 1. The van der Waals surface area contributed by atoms with E-state index in [0.29, 0.717) is 28.0 Å². The number of halogens is 3. The predicted octanol–water partition coefficient (Wildman–Crippen LogP) is 6.30. The topological polar surface area (TPSA) is 59.1 Å². The molecule has 0 radical (unpaired) electrons. The molecule has 3 aromatic rings. The fourth-order valence-electron chi connectivity index (χ4n) is 4.16. The fraction of sp³-hybridized carbons (Fsp3) is 0.200. The van der Waals surface area contributed by atoms with Crippen molar-refractivity contribution >= 4 is 52.6 Å². The SMILES string of the molecule is COc1ccc([C@@H]2SC[C@@H]3C(=O)N(c4ccc(Cl)c(Cl)c4)C(=O)N32)cc1COc1ccc(F)cc1. The molecule has 0 saturated carbocycles. The van der Waals surface area contributed by atoms with Gasteiger partial charge in [-0.1, -0.05) is 29.3 Å². The number of ether oxygens (including phenoxy) is 2. The lowest BCUT2D eigenvalue weighted by Crippen LogP contribution is -2.33. The van der Waals surface area contributed by atoms with E-state index in [9.17, 15) is 14.0 Å². The minimum absolute atomic E-state index is 0.186. The van der Waals surface area contributed by atoms with Gasteiger partial charge in [0.15, 0.2) is 0 Å². The maximum absolute atomic E-state index is 13.4. The monoisotopic (exact) mass is 532 g/mol. The van der Waals surface area contributed by atoms with E-state index < -0.39 is 12.1 Å². The molecule has 0 unspecified atom stereocenters. The van der Waals surface area contributed by atoms with Gasteiger partial charge in [-0.3, -0.25) is 9.69 Å². The Morgan fingerprint density at radius 3 is 2.51 bits per heavy atom. The highest BCUT2D eigenvalue weighted by Crippen LogP contribution is 2.47. The molecule has 0 N–H and O–H groups in total. The second-order valence-corrected chi connectivity index (χ2v) is 9.90. The maximum Gasteiger partial charge on any atom is 0.333 e. The zero-order valence-electron chi connectivity index (χ0n) is 18.4. The molecule has 6 nitrogen and oxygen atoms in total. The largest absolute Gasteiger partial charge is 0.496 e. The van der Waals surface area contributed by atoms with Crippen LogP contribution in [0.4, 0.5) is 14.9 Å². The molecular formula is C25H19Cl2FN2O4S. The molecule has 2 aliphatic heterocycles. The third-order valence-corrected chi connectivity index (χ3v) is 7.94. The summed E-state index contributed by atoms with van der Waals surface area (Å²) in [5, 5.41) is 0.250. The molecule has 0 spiro atoms. The number of amides is 3. The smallest absolute Gasteiger partial charge is 0.333 e. The molecule has 2 heterocycles. The van der Waals surface area contributed by atoms with Gasteiger partial charge in [0, 0.05) is 11.3 Å². The van der Waals surface area contributed by atoms with Crippen LogP contribution >= 0.6 is 35.0 Å². The van der Waals surface area contributed by atoms with Crippen LogP contribution in [0.25, 0.3) is 0 Å². The molecule has 5 rings (SSSR count). The number of carbonyl (C=O) groups excluding carboxylic acids is 2. The van der Waals surface area contributed by atoms with Crippen LogP contribution < -0.4 is 14.4 Å². The van der Waals surface area contributed by atoms with Gasteiger partial charge in [-0.2, -0.15) is 0 Å². The fourth-order valence-corrected chi connectivity index (χ4v) is 5.86. The van der Waals surface area contributed by atoms with Crippen molar-refractivity contribution in [1.29, 1.82) is 0 Å². The van der Waals surface area contributed by atoms with Crippen LogP contribution in [0.15, 0.2) is 60.7 Å². The zero-order chi connectivity index (χ0) is 24.7. The lowest BCUT2D eigenvalue weighted by atomic mass is 10.1. The van der Waals surface area contributed by atoms with Crippen molar-refractivity contribution in [1.82, 2.24) is 4.90 Å². The molecular weight excluding hydrogens is 514 g/mol. The molecule has 0 aliphatic carbocycles. The Morgan fingerprint density at radius 2 is 1.80 bits per heavy atom. The Balaban J connectivity index is 1.40. The van der Waals surface area contributed by atoms with E-state index in [4.69, 9.17) is 32.7 Å². The standard InChI is InChI=1S/C25H19Cl2FN2O4S/c1-33-22-9-2-14(10-15(22)12-34-18-6-3-16(28)4-7-18)24-30-21(13-35-24)23(31)29(25(30)32)17-5-8-19(26)20(27)11-17/h2-11,21,24H,12-13H2,1H3/t21-,24+/m1/s1. The molecule has 2 fully saturated rings. The van der Waals surface area contributed by atoms with Crippen molar-refractivity contribution in [3.8, 4) is 11.5 Å². The minimum atomic E-state index is -0.576. The van der Waals surface area contributed by atoms with E-state index in [0.717, 1.165) is 16.0 Å². The Labute approximate surface area is 215 Å². The lowest BCUT2D eigenvalue weighted by Gasteiger charge is -2.24. The Hall–Kier alpha value is -2.94. The number of urea groups is 1. The highest BCUT2D eigenvalue weighted by Gasteiger charge is 2.53. The van der Waals surface area contributed by atoms with Gasteiger partial charge in [0.25, 0.3) is 5.91 Å². The van der Waals surface area contributed by atoms with Crippen molar-refractivity contribution in [2.24, 2.45) is 0 Å². The van der Waals surface area contributed by atoms with Gasteiger partial charge in [0.2, 0.25) is 0 Å². The predicted molar refractivity (Wildman–Crippen MR) is 134 cm³/mol. The van der Waals surface area contributed by atoms with Crippen molar-refractivity contribution in [2.75, 3.05) is 17.8 Å². The summed E-state index contributed by atoms with van der Waals surface area (Å²) in [5.41, 5.74) is 1.99. The van der Waals surface area contributed by atoms with Gasteiger partial charge < -0.3 is 9.47 Å². The quantitative estimate of drug-likeness (QED) is 0.348. The van der Waals surface area contributed by atoms with Crippen LogP contribution in [-0.4, -0.2) is 35.7 Å². The van der Waals surface area contributed by atoms with E-state index in [1.807, 2.05) is 18.2 Å². The highest BCUT2D eigenvalue weighted by molar-refractivity contribution is 7.99. The van der Waals surface area contributed by atoms with Crippen molar-refractivity contribution in [2.45, 2.75) is 18.0 Å². The molecule has 2 atom stereocenters. The second-order valence-electron chi connectivity index (χ2n) is 7.98. The van der Waals surface area contributed by atoms with Gasteiger partial charge in [-0.15, -0.1) is 11.8 Å².